The molecular formula is C18H25NO3. The van der Waals surface area contributed by atoms with Crippen molar-refractivity contribution >= 4 is 5.91 Å². The van der Waals surface area contributed by atoms with Crippen LogP contribution < -0.4 is 4.74 Å². The molecule has 2 aliphatic rings. The van der Waals surface area contributed by atoms with E-state index in [0.717, 1.165) is 51.1 Å². The highest BCUT2D eigenvalue weighted by Crippen LogP contribution is 2.27. The molecular weight excluding hydrogens is 278 g/mol. The average Bonchev–Trinajstić information content (AvgIpc) is 3.10. The SMILES string of the molecule is COc1ccccc1CC1CCN(C(=O)[C@H]2CCOC2)CC1. The first kappa shape index (κ1) is 15.3. The van der Waals surface area contributed by atoms with Gasteiger partial charge in [0.05, 0.1) is 19.6 Å². The molecule has 0 N–H and O–H groups in total. The number of rotatable bonds is 4. The van der Waals surface area contributed by atoms with Gasteiger partial charge in [-0.15, -0.1) is 0 Å². The number of likely N-dealkylation sites (tertiary alicyclic amines) is 1. The molecule has 2 heterocycles. The zero-order valence-electron chi connectivity index (χ0n) is 13.3. The Morgan fingerprint density at radius 3 is 2.73 bits per heavy atom. The third kappa shape index (κ3) is 3.43. The molecule has 1 aromatic rings. The third-order valence-corrected chi connectivity index (χ3v) is 4.91. The average molecular weight is 303 g/mol. The fourth-order valence-electron chi connectivity index (χ4n) is 3.53. The van der Waals surface area contributed by atoms with Crippen molar-refractivity contribution in [2.45, 2.75) is 25.7 Å². The largest absolute Gasteiger partial charge is 0.496 e. The van der Waals surface area contributed by atoms with Gasteiger partial charge in [0.25, 0.3) is 0 Å². The van der Waals surface area contributed by atoms with Crippen LogP contribution in [0.25, 0.3) is 0 Å². The minimum absolute atomic E-state index is 0.103. The van der Waals surface area contributed by atoms with E-state index in [2.05, 4.69) is 12.1 Å². The predicted octanol–water partition coefficient (Wildman–Crippen LogP) is 2.51. The van der Waals surface area contributed by atoms with Gasteiger partial charge in [-0.05, 0) is 43.2 Å². The number of para-hydroxylation sites is 1. The second-order valence-electron chi connectivity index (χ2n) is 6.35. The molecule has 2 aliphatic heterocycles. The maximum Gasteiger partial charge on any atom is 0.228 e. The number of carbonyl (C=O) groups excluding carboxylic acids is 1. The van der Waals surface area contributed by atoms with Crippen LogP contribution in [0.2, 0.25) is 0 Å². The first-order valence-electron chi connectivity index (χ1n) is 8.26. The van der Waals surface area contributed by atoms with Crippen LogP contribution in [0.3, 0.4) is 0 Å². The number of carbonyl (C=O) groups is 1. The van der Waals surface area contributed by atoms with Gasteiger partial charge in [-0.2, -0.15) is 0 Å². The molecule has 1 amide bonds. The highest BCUT2D eigenvalue weighted by atomic mass is 16.5. The normalized spacial score (nSPS) is 22.8. The van der Waals surface area contributed by atoms with Gasteiger partial charge >= 0.3 is 0 Å². The van der Waals surface area contributed by atoms with E-state index in [-0.39, 0.29) is 5.92 Å². The molecule has 1 aromatic carbocycles. The number of ether oxygens (including phenoxy) is 2. The van der Waals surface area contributed by atoms with Crippen LogP contribution in [-0.4, -0.2) is 44.2 Å². The van der Waals surface area contributed by atoms with Gasteiger partial charge in [-0.3, -0.25) is 4.79 Å². The van der Waals surface area contributed by atoms with Gasteiger partial charge in [-0.25, -0.2) is 0 Å². The Morgan fingerprint density at radius 2 is 2.05 bits per heavy atom. The zero-order valence-corrected chi connectivity index (χ0v) is 13.3. The topological polar surface area (TPSA) is 38.8 Å². The van der Waals surface area contributed by atoms with Gasteiger partial charge < -0.3 is 14.4 Å². The second kappa shape index (κ2) is 7.14. The number of benzene rings is 1. The number of methoxy groups -OCH3 is 1. The summed E-state index contributed by atoms with van der Waals surface area (Å²) in [5, 5.41) is 0. The molecule has 22 heavy (non-hydrogen) atoms. The monoisotopic (exact) mass is 303 g/mol. The van der Waals surface area contributed by atoms with Crippen molar-refractivity contribution in [1.82, 2.24) is 4.90 Å². The summed E-state index contributed by atoms with van der Waals surface area (Å²) in [5.74, 6) is 2.02. The molecule has 0 aromatic heterocycles. The van der Waals surface area contributed by atoms with Crippen molar-refractivity contribution in [2.75, 3.05) is 33.4 Å². The van der Waals surface area contributed by atoms with Crippen LogP contribution in [0, 0.1) is 11.8 Å². The molecule has 4 nitrogen and oxygen atoms in total. The van der Waals surface area contributed by atoms with Gasteiger partial charge in [0.15, 0.2) is 0 Å². The molecule has 0 saturated carbocycles. The standard InChI is InChI=1S/C18H25NO3/c1-21-17-5-3-2-4-15(17)12-14-6-9-19(10-7-14)18(20)16-8-11-22-13-16/h2-5,14,16H,6-13H2,1H3/t16-/m0/s1. The molecule has 0 spiro atoms. The second-order valence-corrected chi connectivity index (χ2v) is 6.35. The maximum absolute atomic E-state index is 12.4. The number of hydrogen-bond donors (Lipinski definition) is 0. The Bertz CT molecular complexity index is 503. The summed E-state index contributed by atoms with van der Waals surface area (Å²) in [6.07, 6.45) is 4.09. The Hall–Kier alpha value is -1.55. The van der Waals surface area contributed by atoms with Gasteiger partial charge in [-0.1, -0.05) is 18.2 Å². The maximum atomic E-state index is 12.4. The van der Waals surface area contributed by atoms with E-state index in [1.807, 2.05) is 17.0 Å². The summed E-state index contributed by atoms with van der Waals surface area (Å²) in [6.45, 7) is 3.12. The van der Waals surface area contributed by atoms with E-state index in [0.29, 0.717) is 18.4 Å². The van der Waals surface area contributed by atoms with Crippen molar-refractivity contribution < 1.29 is 14.3 Å². The van der Waals surface area contributed by atoms with E-state index in [1.54, 1.807) is 7.11 Å². The molecule has 0 bridgehead atoms. The Balaban J connectivity index is 1.52. The van der Waals surface area contributed by atoms with Crippen LogP contribution in [0.1, 0.15) is 24.8 Å². The molecule has 0 aliphatic carbocycles. The van der Waals surface area contributed by atoms with Crippen LogP contribution in [0.15, 0.2) is 24.3 Å². The van der Waals surface area contributed by atoms with E-state index < -0.39 is 0 Å². The highest BCUT2D eigenvalue weighted by molar-refractivity contribution is 5.79. The molecule has 2 saturated heterocycles. The van der Waals surface area contributed by atoms with Crippen LogP contribution in [-0.2, 0) is 16.0 Å². The molecule has 0 unspecified atom stereocenters. The Labute approximate surface area is 132 Å². The van der Waals surface area contributed by atoms with Crippen molar-refractivity contribution in [1.29, 1.82) is 0 Å². The molecule has 2 fully saturated rings. The summed E-state index contributed by atoms with van der Waals surface area (Å²) in [4.78, 5) is 14.4. The summed E-state index contributed by atoms with van der Waals surface area (Å²) in [6, 6.07) is 8.24. The smallest absolute Gasteiger partial charge is 0.228 e. The van der Waals surface area contributed by atoms with Gasteiger partial charge in [0.2, 0.25) is 5.91 Å². The first-order chi connectivity index (χ1) is 10.8. The van der Waals surface area contributed by atoms with Crippen molar-refractivity contribution in [3.8, 4) is 5.75 Å². The third-order valence-electron chi connectivity index (χ3n) is 4.91. The number of amides is 1. The van der Waals surface area contributed by atoms with Crippen molar-refractivity contribution in [3.63, 3.8) is 0 Å². The van der Waals surface area contributed by atoms with E-state index in [1.165, 1.54) is 5.56 Å². The summed E-state index contributed by atoms with van der Waals surface area (Å²) in [7, 11) is 1.73. The molecule has 0 radical (unpaired) electrons. The van der Waals surface area contributed by atoms with E-state index in [9.17, 15) is 4.79 Å². The number of hydrogen-bond acceptors (Lipinski definition) is 3. The zero-order chi connectivity index (χ0) is 15.4. The Morgan fingerprint density at radius 1 is 1.27 bits per heavy atom. The minimum atomic E-state index is 0.103. The molecule has 3 rings (SSSR count). The Kier molecular flexibility index (Phi) is 4.98. The fourth-order valence-corrected chi connectivity index (χ4v) is 3.53. The number of piperidine rings is 1. The first-order valence-corrected chi connectivity index (χ1v) is 8.26. The lowest BCUT2D eigenvalue weighted by Crippen LogP contribution is -2.42. The lowest BCUT2D eigenvalue weighted by atomic mass is 9.89. The van der Waals surface area contributed by atoms with E-state index in [4.69, 9.17) is 9.47 Å². The van der Waals surface area contributed by atoms with E-state index >= 15 is 0 Å². The van der Waals surface area contributed by atoms with Crippen molar-refractivity contribution in [3.05, 3.63) is 29.8 Å². The van der Waals surface area contributed by atoms with Crippen LogP contribution in [0.5, 0.6) is 5.75 Å². The molecule has 4 heteroatoms. The highest BCUT2D eigenvalue weighted by Gasteiger charge is 2.30. The molecule has 120 valence electrons. The predicted molar refractivity (Wildman–Crippen MR) is 84.9 cm³/mol. The number of nitrogens with zero attached hydrogens (tertiary/aromatic N) is 1. The lowest BCUT2D eigenvalue weighted by molar-refractivity contribution is -0.136. The summed E-state index contributed by atoms with van der Waals surface area (Å²) in [5.41, 5.74) is 1.28. The fraction of sp³-hybridized carbons (Fsp3) is 0.611. The van der Waals surface area contributed by atoms with Crippen molar-refractivity contribution in [2.24, 2.45) is 11.8 Å². The summed E-state index contributed by atoms with van der Waals surface area (Å²) >= 11 is 0. The lowest BCUT2D eigenvalue weighted by Gasteiger charge is -2.33. The van der Waals surface area contributed by atoms with Gasteiger partial charge in [0.1, 0.15) is 5.75 Å². The quantitative estimate of drug-likeness (QED) is 0.858. The summed E-state index contributed by atoms with van der Waals surface area (Å²) < 4.78 is 10.8. The van der Waals surface area contributed by atoms with Gasteiger partial charge in [0, 0.05) is 19.7 Å². The minimum Gasteiger partial charge on any atom is -0.496 e. The molecule has 1 atom stereocenters. The van der Waals surface area contributed by atoms with Crippen LogP contribution in [0.4, 0.5) is 0 Å². The van der Waals surface area contributed by atoms with Crippen LogP contribution >= 0.6 is 0 Å².